The number of nitrogen functional groups attached to an aromatic ring is 2. The summed E-state index contributed by atoms with van der Waals surface area (Å²) in [7, 11) is 0. The number of aryl methyl sites for hydroxylation is 1. The molecule has 0 bridgehead atoms. The van der Waals surface area contributed by atoms with Crippen molar-refractivity contribution in [2.24, 2.45) is 0 Å². The maximum atomic E-state index is 14.3. The van der Waals surface area contributed by atoms with Gasteiger partial charge in [-0.3, -0.25) is 4.90 Å². The first-order valence-corrected chi connectivity index (χ1v) is 9.06. The van der Waals surface area contributed by atoms with Crippen LogP contribution in [0.3, 0.4) is 0 Å². The minimum absolute atomic E-state index is 0.100. The molecule has 1 aliphatic rings. The molecule has 7 heteroatoms. The van der Waals surface area contributed by atoms with Gasteiger partial charge in [-0.05, 0) is 24.6 Å². The van der Waals surface area contributed by atoms with E-state index in [1.807, 2.05) is 30.3 Å². The van der Waals surface area contributed by atoms with Gasteiger partial charge in [0, 0.05) is 44.0 Å². The minimum atomic E-state index is -0.100. The van der Waals surface area contributed by atoms with Gasteiger partial charge < -0.3 is 16.4 Å². The van der Waals surface area contributed by atoms with E-state index in [4.69, 9.17) is 11.5 Å². The Labute approximate surface area is 157 Å². The molecule has 27 heavy (non-hydrogen) atoms. The van der Waals surface area contributed by atoms with E-state index in [1.165, 1.54) is 0 Å². The summed E-state index contributed by atoms with van der Waals surface area (Å²) in [4.78, 5) is 13.0. The summed E-state index contributed by atoms with van der Waals surface area (Å²) in [6, 6.07) is 11.5. The number of hydrogen-bond donors (Lipinski definition) is 2. The number of halogens is 1. The lowest BCUT2D eigenvalue weighted by molar-refractivity contribution is 0.246. The van der Waals surface area contributed by atoms with E-state index >= 15 is 0 Å². The Morgan fingerprint density at radius 1 is 1.00 bits per heavy atom. The second kappa shape index (κ2) is 7.00. The van der Waals surface area contributed by atoms with E-state index in [9.17, 15) is 4.39 Å². The van der Waals surface area contributed by atoms with Crippen molar-refractivity contribution in [3.63, 3.8) is 0 Å². The first-order valence-electron chi connectivity index (χ1n) is 9.06. The highest BCUT2D eigenvalue weighted by Crippen LogP contribution is 2.31. The molecule has 3 aromatic rings. The number of piperazine rings is 1. The average Bonchev–Trinajstić information content (AvgIpc) is 2.65. The number of aromatic nitrogens is 2. The van der Waals surface area contributed by atoms with Gasteiger partial charge in [-0.25, -0.2) is 9.37 Å². The van der Waals surface area contributed by atoms with Crippen LogP contribution in [0.25, 0.3) is 10.9 Å². The third-order valence-electron chi connectivity index (χ3n) is 5.13. The van der Waals surface area contributed by atoms with Crippen LogP contribution < -0.4 is 16.4 Å². The molecule has 1 aliphatic heterocycles. The van der Waals surface area contributed by atoms with Gasteiger partial charge in [0.1, 0.15) is 11.6 Å². The van der Waals surface area contributed by atoms with Crippen LogP contribution >= 0.6 is 0 Å². The van der Waals surface area contributed by atoms with E-state index in [1.54, 1.807) is 13.0 Å². The Morgan fingerprint density at radius 2 is 1.74 bits per heavy atom. The van der Waals surface area contributed by atoms with Crippen molar-refractivity contribution in [1.29, 1.82) is 0 Å². The van der Waals surface area contributed by atoms with Crippen molar-refractivity contribution in [1.82, 2.24) is 14.9 Å². The van der Waals surface area contributed by atoms with Gasteiger partial charge in [-0.1, -0.05) is 24.3 Å². The van der Waals surface area contributed by atoms with Crippen LogP contribution in [0, 0.1) is 12.7 Å². The van der Waals surface area contributed by atoms with E-state index in [-0.39, 0.29) is 11.8 Å². The second-order valence-electron chi connectivity index (χ2n) is 6.95. The van der Waals surface area contributed by atoms with Gasteiger partial charge in [0.15, 0.2) is 0 Å². The van der Waals surface area contributed by atoms with Crippen molar-refractivity contribution in [2.75, 3.05) is 42.5 Å². The van der Waals surface area contributed by atoms with Gasteiger partial charge in [-0.2, -0.15) is 4.98 Å². The van der Waals surface area contributed by atoms with Gasteiger partial charge in [-0.15, -0.1) is 0 Å². The van der Waals surface area contributed by atoms with Crippen molar-refractivity contribution in [3.05, 3.63) is 53.3 Å². The van der Waals surface area contributed by atoms with E-state index < -0.39 is 0 Å². The minimum Gasteiger partial charge on any atom is -0.383 e. The number of nitrogens with zero attached hydrogens (tertiary/aromatic N) is 4. The molecule has 4 N–H and O–H groups in total. The molecule has 4 rings (SSSR count). The molecule has 6 nitrogen and oxygen atoms in total. The number of hydrogen-bond acceptors (Lipinski definition) is 6. The summed E-state index contributed by atoms with van der Waals surface area (Å²) in [5, 5.41) is 0.838. The quantitative estimate of drug-likeness (QED) is 0.741. The summed E-state index contributed by atoms with van der Waals surface area (Å²) < 4.78 is 14.3. The zero-order valence-corrected chi connectivity index (χ0v) is 15.3. The lowest BCUT2D eigenvalue weighted by atomic mass is 10.1. The van der Waals surface area contributed by atoms with Crippen LogP contribution in [0.5, 0.6) is 0 Å². The second-order valence-corrected chi connectivity index (χ2v) is 6.95. The molecule has 0 amide bonds. The smallest absolute Gasteiger partial charge is 0.222 e. The lowest BCUT2D eigenvalue weighted by Gasteiger charge is -2.36. The Balaban J connectivity index is 1.51. The summed E-state index contributed by atoms with van der Waals surface area (Å²) >= 11 is 0. The number of fused-ring (bicyclic) bond motifs is 1. The van der Waals surface area contributed by atoms with Gasteiger partial charge in [0.05, 0.1) is 10.9 Å². The van der Waals surface area contributed by atoms with Gasteiger partial charge in [0.25, 0.3) is 0 Å². The third-order valence-corrected chi connectivity index (χ3v) is 5.13. The molecule has 0 atom stereocenters. The Bertz CT molecular complexity index is 982. The van der Waals surface area contributed by atoms with Crippen molar-refractivity contribution < 1.29 is 4.39 Å². The van der Waals surface area contributed by atoms with Crippen molar-refractivity contribution >= 4 is 28.4 Å². The molecule has 0 spiro atoms. The fourth-order valence-corrected chi connectivity index (χ4v) is 3.69. The van der Waals surface area contributed by atoms with Gasteiger partial charge >= 0.3 is 0 Å². The van der Waals surface area contributed by atoms with Crippen LogP contribution in [0.4, 0.5) is 21.8 Å². The van der Waals surface area contributed by atoms with Crippen molar-refractivity contribution in [2.45, 2.75) is 13.5 Å². The number of benzene rings is 2. The van der Waals surface area contributed by atoms with Crippen LogP contribution in [0.1, 0.15) is 11.1 Å². The SMILES string of the molecule is Cc1cccc(CN2CCN(c3cccc4nc(N)nc(N)c34)CC2)c1F. The molecule has 0 unspecified atom stereocenters. The molecule has 1 saturated heterocycles. The molecule has 140 valence electrons. The zero-order valence-electron chi connectivity index (χ0n) is 15.3. The molecular weight excluding hydrogens is 343 g/mol. The molecule has 0 radical (unpaired) electrons. The van der Waals surface area contributed by atoms with Crippen LogP contribution in [-0.4, -0.2) is 41.0 Å². The van der Waals surface area contributed by atoms with E-state index in [0.717, 1.165) is 48.3 Å². The van der Waals surface area contributed by atoms with E-state index in [0.29, 0.717) is 17.9 Å². The van der Waals surface area contributed by atoms with Crippen LogP contribution in [0.15, 0.2) is 36.4 Å². The highest BCUT2D eigenvalue weighted by Gasteiger charge is 2.21. The first kappa shape index (κ1) is 17.5. The standard InChI is InChI=1S/C20H23FN6/c1-13-4-2-5-14(18(13)21)12-26-8-10-27(11-9-26)16-7-3-6-15-17(16)19(22)25-20(23)24-15/h2-7H,8-12H2,1H3,(H4,22,23,24,25). The number of anilines is 3. The number of nitrogens with two attached hydrogens (primary N) is 2. The highest BCUT2D eigenvalue weighted by atomic mass is 19.1. The monoisotopic (exact) mass is 366 g/mol. The fourth-order valence-electron chi connectivity index (χ4n) is 3.69. The number of rotatable bonds is 3. The Hall–Kier alpha value is -2.93. The largest absolute Gasteiger partial charge is 0.383 e. The maximum absolute atomic E-state index is 14.3. The third kappa shape index (κ3) is 3.38. The fraction of sp³-hybridized carbons (Fsp3) is 0.300. The summed E-state index contributed by atoms with van der Waals surface area (Å²) in [6.07, 6.45) is 0. The van der Waals surface area contributed by atoms with Crippen LogP contribution in [0.2, 0.25) is 0 Å². The topological polar surface area (TPSA) is 84.3 Å². The zero-order chi connectivity index (χ0) is 19.0. The van der Waals surface area contributed by atoms with E-state index in [2.05, 4.69) is 19.8 Å². The summed E-state index contributed by atoms with van der Waals surface area (Å²) in [6.45, 7) is 5.78. The summed E-state index contributed by atoms with van der Waals surface area (Å²) in [5.74, 6) is 0.482. The Morgan fingerprint density at radius 3 is 2.52 bits per heavy atom. The molecule has 2 heterocycles. The van der Waals surface area contributed by atoms with Crippen LogP contribution in [-0.2, 0) is 6.54 Å². The van der Waals surface area contributed by atoms with Gasteiger partial charge in [0.2, 0.25) is 5.95 Å². The average molecular weight is 366 g/mol. The highest BCUT2D eigenvalue weighted by molar-refractivity contribution is 5.99. The molecule has 1 fully saturated rings. The maximum Gasteiger partial charge on any atom is 0.222 e. The van der Waals surface area contributed by atoms with Crippen molar-refractivity contribution in [3.8, 4) is 0 Å². The lowest BCUT2D eigenvalue weighted by Crippen LogP contribution is -2.46. The molecule has 0 aliphatic carbocycles. The predicted octanol–water partition coefficient (Wildman–Crippen LogP) is 2.56. The predicted molar refractivity (Wildman–Crippen MR) is 107 cm³/mol. The molecule has 1 aromatic heterocycles. The Kier molecular flexibility index (Phi) is 4.53. The molecule has 2 aromatic carbocycles. The normalized spacial score (nSPS) is 15.4. The molecule has 0 saturated carbocycles. The first-order chi connectivity index (χ1) is 13.0. The molecular formula is C20H23FN6. The summed E-state index contributed by atoms with van der Waals surface area (Å²) in [5.41, 5.74) is 15.0.